The molecule has 0 atom stereocenters. The zero-order chi connectivity index (χ0) is 20.2. The number of carbonyl (C=O) groups is 1. The van der Waals surface area contributed by atoms with Gasteiger partial charge in [0, 0.05) is 37.8 Å². The van der Waals surface area contributed by atoms with Crippen LogP contribution in [0.2, 0.25) is 5.02 Å². The normalized spacial score (nSPS) is 14.0. The Kier molecular flexibility index (Phi) is 5.62. The summed E-state index contributed by atoms with van der Waals surface area (Å²) in [6.07, 6.45) is 1.48. The lowest BCUT2D eigenvalue weighted by Crippen LogP contribution is -2.49. The van der Waals surface area contributed by atoms with Crippen LogP contribution in [0.25, 0.3) is 0 Å². The Bertz CT molecular complexity index is 1000. The second-order valence-electron chi connectivity index (χ2n) is 6.89. The van der Waals surface area contributed by atoms with Crippen LogP contribution in [0.3, 0.4) is 0 Å². The summed E-state index contributed by atoms with van der Waals surface area (Å²) < 4.78 is 5.79. The molecule has 4 rings (SSSR count). The van der Waals surface area contributed by atoms with E-state index in [0.29, 0.717) is 42.8 Å². The number of aromatic nitrogens is 2. The molecular formula is C22H21ClN4O2. The molecule has 2 aromatic carbocycles. The molecule has 29 heavy (non-hydrogen) atoms. The molecule has 0 unspecified atom stereocenters. The number of ether oxygens (including phenoxy) is 1. The second kappa shape index (κ2) is 8.49. The largest absolute Gasteiger partial charge is 0.437 e. The first-order chi connectivity index (χ1) is 14.1. The van der Waals surface area contributed by atoms with Gasteiger partial charge in [0.15, 0.2) is 0 Å². The summed E-state index contributed by atoms with van der Waals surface area (Å²) in [6.45, 7) is 4.67. The van der Waals surface area contributed by atoms with Crippen LogP contribution in [-0.2, 0) is 0 Å². The smallest absolute Gasteiger partial charge is 0.253 e. The molecule has 0 bridgehead atoms. The lowest BCUT2D eigenvalue weighted by atomic mass is 10.1. The van der Waals surface area contributed by atoms with Gasteiger partial charge in [0.25, 0.3) is 5.91 Å². The number of anilines is 1. The van der Waals surface area contributed by atoms with Crippen molar-refractivity contribution in [3.05, 3.63) is 77.1 Å². The van der Waals surface area contributed by atoms with Crippen molar-refractivity contribution in [3.63, 3.8) is 0 Å². The molecule has 0 spiro atoms. The molecule has 0 radical (unpaired) electrons. The molecule has 0 aliphatic carbocycles. The Hall–Kier alpha value is -3.12. The lowest BCUT2D eigenvalue weighted by molar-refractivity contribution is 0.0746. The third-order valence-electron chi connectivity index (χ3n) is 4.87. The molecule has 1 aliphatic rings. The van der Waals surface area contributed by atoms with E-state index >= 15 is 0 Å². The fraction of sp³-hybridized carbons (Fsp3) is 0.227. The van der Waals surface area contributed by atoms with E-state index in [1.165, 1.54) is 6.33 Å². The topological polar surface area (TPSA) is 58.6 Å². The fourth-order valence-electron chi connectivity index (χ4n) is 3.22. The number of hydrogen-bond donors (Lipinski definition) is 0. The zero-order valence-electron chi connectivity index (χ0n) is 16.1. The van der Waals surface area contributed by atoms with Crippen molar-refractivity contribution in [1.82, 2.24) is 14.9 Å². The standard InChI is InChI=1S/C22H21ClN4O2/c1-16-6-8-17(9-7-16)22(28)27-12-10-26(11-13-27)20-14-21(25-15-24-20)29-19-5-3-2-4-18(19)23/h2-9,14-15H,10-13H2,1H3. The number of carbonyl (C=O) groups excluding carboxylic acids is 1. The molecule has 6 nitrogen and oxygen atoms in total. The summed E-state index contributed by atoms with van der Waals surface area (Å²) in [7, 11) is 0. The highest BCUT2D eigenvalue weighted by Gasteiger charge is 2.23. The third kappa shape index (κ3) is 4.49. The number of benzene rings is 2. The van der Waals surface area contributed by atoms with E-state index in [1.807, 2.05) is 48.2 Å². The van der Waals surface area contributed by atoms with Crippen molar-refractivity contribution in [2.45, 2.75) is 6.92 Å². The highest BCUT2D eigenvalue weighted by atomic mass is 35.5. The number of nitrogens with zero attached hydrogens (tertiary/aromatic N) is 4. The van der Waals surface area contributed by atoms with Crippen molar-refractivity contribution >= 4 is 23.3 Å². The Morgan fingerprint density at radius 1 is 1.00 bits per heavy atom. The van der Waals surface area contributed by atoms with Crippen LogP contribution in [0.15, 0.2) is 60.9 Å². The average molecular weight is 409 g/mol. The van der Waals surface area contributed by atoms with Gasteiger partial charge in [-0.15, -0.1) is 0 Å². The molecule has 1 aromatic heterocycles. The zero-order valence-corrected chi connectivity index (χ0v) is 16.8. The number of para-hydroxylation sites is 1. The second-order valence-corrected chi connectivity index (χ2v) is 7.30. The summed E-state index contributed by atoms with van der Waals surface area (Å²) in [6, 6.07) is 16.7. The van der Waals surface area contributed by atoms with E-state index in [4.69, 9.17) is 16.3 Å². The number of piperazine rings is 1. The quantitative estimate of drug-likeness (QED) is 0.647. The average Bonchev–Trinajstić information content (AvgIpc) is 2.76. The lowest BCUT2D eigenvalue weighted by Gasteiger charge is -2.35. The summed E-state index contributed by atoms with van der Waals surface area (Å²) in [5.41, 5.74) is 1.87. The highest BCUT2D eigenvalue weighted by Crippen LogP contribution is 2.29. The Morgan fingerprint density at radius 3 is 2.45 bits per heavy atom. The van der Waals surface area contributed by atoms with Gasteiger partial charge < -0.3 is 14.5 Å². The molecule has 2 heterocycles. The predicted octanol–water partition coefficient (Wildman–Crippen LogP) is 4.19. The van der Waals surface area contributed by atoms with E-state index < -0.39 is 0 Å². The molecule has 0 saturated carbocycles. The molecule has 1 amide bonds. The summed E-state index contributed by atoms with van der Waals surface area (Å²) in [4.78, 5) is 25.2. The van der Waals surface area contributed by atoms with Gasteiger partial charge in [0.05, 0.1) is 5.02 Å². The van der Waals surface area contributed by atoms with E-state index in [2.05, 4.69) is 14.9 Å². The number of halogens is 1. The first-order valence-electron chi connectivity index (χ1n) is 9.45. The first kappa shape index (κ1) is 19.2. The van der Waals surface area contributed by atoms with Crippen LogP contribution in [0, 0.1) is 6.92 Å². The van der Waals surface area contributed by atoms with Crippen LogP contribution in [0.5, 0.6) is 11.6 Å². The Morgan fingerprint density at radius 2 is 1.72 bits per heavy atom. The van der Waals surface area contributed by atoms with Gasteiger partial charge in [0.2, 0.25) is 5.88 Å². The molecule has 1 aliphatic heterocycles. The summed E-state index contributed by atoms with van der Waals surface area (Å²) in [5.74, 6) is 1.81. The maximum atomic E-state index is 12.7. The number of amides is 1. The van der Waals surface area contributed by atoms with Crippen LogP contribution in [0.1, 0.15) is 15.9 Å². The van der Waals surface area contributed by atoms with Gasteiger partial charge in [-0.3, -0.25) is 4.79 Å². The van der Waals surface area contributed by atoms with Gasteiger partial charge >= 0.3 is 0 Å². The molecule has 3 aromatic rings. The molecule has 148 valence electrons. The van der Waals surface area contributed by atoms with Crippen LogP contribution in [-0.4, -0.2) is 47.0 Å². The van der Waals surface area contributed by atoms with Gasteiger partial charge in [-0.25, -0.2) is 9.97 Å². The molecule has 1 saturated heterocycles. The molecule has 1 fully saturated rings. The number of hydrogen-bond acceptors (Lipinski definition) is 5. The fourth-order valence-corrected chi connectivity index (χ4v) is 3.39. The molecule has 0 N–H and O–H groups in total. The molecular weight excluding hydrogens is 388 g/mol. The van der Waals surface area contributed by atoms with Crippen molar-refractivity contribution in [1.29, 1.82) is 0 Å². The van der Waals surface area contributed by atoms with Crippen LogP contribution >= 0.6 is 11.6 Å². The maximum absolute atomic E-state index is 12.7. The summed E-state index contributed by atoms with van der Waals surface area (Å²) >= 11 is 6.15. The minimum atomic E-state index is 0.0649. The van der Waals surface area contributed by atoms with Crippen molar-refractivity contribution in [2.75, 3.05) is 31.1 Å². The summed E-state index contributed by atoms with van der Waals surface area (Å²) in [5, 5.41) is 0.524. The van der Waals surface area contributed by atoms with Gasteiger partial charge in [-0.2, -0.15) is 0 Å². The van der Waals surface area contributed by atoms with Gasteiger partial charge in [-0.05, 0) is 31.2 Å². The molecule has 7 heteroatoms. The SMILES string of the molecule is Cc1ccc(C(=O)N2CCN(c3cc(Oc4ccccc4Cl)ncn3)CC2)cc1. The van der Waals surface area contributed by atoms with E-state index in [0.717, 1.165) is 16.9 Å². The van der Waals surface area contributed by atoms with Crippen LogP contribution in [0.4, 0.5) is 5.82 Å². The van der Waals surface area contributed by atoms with E-state index in [-0.39, 0.29) is 5.91 Å². The third-order valence-corrected chi connectivity index (χ3v) is 5.18. The van der Waals surface area contributed by atoms with Gasteiger partial charge in [-0.1, -0.05) is 41.4 Å². The first-order valence-corrected chi connectivity index (χ1v) is 9.83. The monoisotopic (exact) mass is 408 g/mol. The van der Waals surface area contributed by atoms with Crippen molar-refractivity contribution < 1.29 is 9.53 Å². The Labute approximate surface area is 174 Å². The highest BCUT2D eigenvalue weighted by molar-refractivity contribution is 6.32. The van der Waals surface area contributed by atoms with Crippen molar-refractivity contribution in [2.24, 2.45) is 0 Å². The van der Waals surface area contributed by atoms with Crippen molar-refractivity contribution in [3.8, 4) is 11.6 Å². The van der Waals surface area contributed by atoms with Crippen LogP contribution < -0.4 is 9.64 Å². The maximum Gasteiger partial charge on any atom is 0.253 e. The van der Waals surface area contributed by atoms with E-state index in [9.17, 15) is 4.79 Å². The van der Waals surface area contributed by atoms with E-state index in [1.54, 1.807) is 18.2 Å². The predicted molar refractivity (Wildman–Crippen MR) is 113 cm³/mol. The minimum Gasteiger partial charge on any atom is -0.437 e. The number of rotatable bonds is 4. The number of aryl methyl sites for hydroxylation is 1. The minimum absolute atomic E-state index is 0.0649. The van der Waals surface area contributed by atoms with Gasteiger partial charge in [0.1, 0.15) is 17.9 Å². The Balaban J connectivity index is 1.40.